The molecule has 0 aromatic carbocycles. The Morgan fingerprint density at radius 2 is 1.74 bits per heavy atom. The van der Waals surface area contributed by atoms with Crippen molar-refractivity contribution in [1.29, 1.82) is 0 Å². The Morgan fingerprint density at radius 1 is 1.03 bits per heavy atom. The summed E-state index contributed by atoms with van der Waals surface area (Å²) in [4.78, 5) is 0. The van der Waals surface area contributed by atoms with Crippen LogP contribution in [0.3, 0.4) is 0 Å². The monoisotopic (exact) mass is 428 g/mol. The molecule has 0 bridgehead atoms. The van der Waals surface area contributed by atoms with Crippen LogP contribution in [-0.4, -0.2) is 33.6 Å². The number of hydrogen-bond donors (Lipinski definition) is 3. The largest absolute Gasteiger partial charge is 0.390 e. The molecule has 3 aliphatic rings. The number of aliphatic hydroxyl groups excluding tert-OH is 3. The highest BCUT2D eigenvalue weighted by molar-refractivity contribution is 5.40. The minimum Gasteiger partial charge on any atom is -0.390 e. The minimum absolute atomic E-state index is 0.315. The maximum Gasteiger partial charge on any atom is 0.110 e. The zero-order valence-corrected chi connectivity index (χ0v) is 20.2. The summed E-state index contributed by atoms with van der Waals surface area (Å²) in [6.07, 6.45) is 12.3. The maximum absolute atomic E-state index is 10.4. The lowest BCUT2D eigenvalue weighted by Crippen LogP contribution is -2.43. The van der Waals surface area contributed by atoms with Gasteiger partial charge in [0.1, 0.15) is 12.2 Å². The van der Waals surface area contributed by atoms with Crippen LogP contribution >= 0.6 is 0 Å². The quantitative estimate of drug-likeness (QED) is 0.501. The van der Waals surface area contributed by atoms with Gasteiger partial charge in [0, 0.05) is 6.42 Å². The zero-order valence-electron chi connectivity index (χ0n) is 20.2. The lowest BCUT2D eigenvalue weighted by molar-refractivity contribution is -0.0531. The van der Waals surface area contributed by atoms with Crippen LogP contribution in [0.2, 0.25) is 0 Å². The van der Waals surface area contributed by atoms with Crippen molar-refractivity contribution in [1.82, 2.24) is 0 Å². The number of fused-ring (bicyclic) bond motifs is 1. The standard InChI is InChI=1S/C28H44O3/c1-17(2)18(3)9-10-19(4)23-13-14-24-21(8-7-15-28(23,24)6)11-12-22-20(5)16-25(29)27(31)26(22)30/h9-12,17-19,23-27,29-31H,5,7-8,13-16H2,1-4,6H3/t18-,19+,23+,24?,25?,26?,27-,28+/m0/s1. The van der Waals surface area contributed by atoms with Crippen molar-refractivity contribution in [2.24, 2.45) is 35.0 Å². The maximum atomic E-state index is 10.4. The second kappa shape index (κ2) is 9.77. The van der Waals surface area contributed by atoms with Gasteiger partial charge in [-0.1, -0.05) is 71.1 Å². The van der Waals surface area contributed by atoms with Crippen molar-refractivity contribution >= 4 is 0 Å². The summed E-state index contributed by atoms with van der Waals surface area (Å²) in [5, 5.41) is 30.4. The fraction of sp³-hybridized carbons (Fsp3) is 0.714. The average molecular weight is 429 g/mol. The van der Waals surface area contributed by atoms with Crippen LogP contribution in [0.1, 0.15) is 73.1 Å². The predicted molar refractivity (Wildman–Crippen MR) is 128 cm³/mol. The third-order valence-corrected chi connectivity index (χ3v) is 8.82. The van der Waals surface area contributed by atoms with Crippen LogP contribution in [0.5, 0.6) is 0 Å². The van der Waals surface area contributed by atoms with Crippen molar-refractivity contribution in [3.63, 3.8) is 0 Å². The zero-order chi connectivity index (χ0) is 22.9. The third-order valence-electron chi connectivity index (χ3n) is 8.82. The Bertz CT molecular complexity index is 745. The van der Waals surface area contributed by atoms with Crippen LogP contribution in [-0.2, 0) is 0 Å². The molecular formula is C28H44O3. The molecular weight excluding hydrogens is 384 g/mol. The van der Waals surface area contributed by atoms with Crippen molar-refractivity contribution < 1.29 is 15.3 Å². The fourth-order valence-electron chi connectivity index (χ4n) is 6.36. The van der Waals surface area contributed by atoms with Crippen LogP contribution < -0.4 is 0 Å². The Hall–Kier alpha value is -1.16. The van der Waals surface area contributed by atoms with E-state index in [0.29, 0.717) is 47.0 Å². The molecule has 0 aromatic heterocycles. The molecule has 3 unspecified atom stereocenters. The van der Waals surface area contributed by atoms with Gasteiger partial charge >= 0.3 is 0 Å². The molecule has 0 spiro atoms. The van der Waals surface area contributed by atoms with Crippen LogP contribution in [0.25, 0.3) is 0 Å². The van der Waals surface area contributed by atoms with Gasteiger partial charge < -0.3 is 15.3 Å². The summed E-state index contributed by atoms with van der Waals surface area (Å²) >= 11 is 0. The molecule has 174 valence electrons. The highest BCUT2D eigenvalue weighted by atomic mass is 16.4. The number of hydrogen-bond acceptors (Lipinski definition) is 3. The molecule has 3 saturated carbocycles. The minimum atomic E-state index is -1.14. The van der Waals surface area contributed by atoms with Gasteiger partial charge in [-0.05, 0) is 78.3 Å². The molecule has 3 aliphatic carbocycles. The molecule has 0 aromatic rings. The normalized spacial score (nSPS) is 41.3. The van der Waals surface area contributed by atoms with Gasteiger partial charge in [0.2, 0.25) is 0 Å². The molecule has 3 fully saturated rings. The second-order valence-corrected chi connectivity index (χ2v) is 11.1. The molecule has 0 heterocycles. The van der Waals surface area contributed by atoms with E-state index in [1.807, 2.05) is 6.08 Å². The van der Waals surface area contributed by atoms with Crippen LogP contribution in [0.4, 0.5) is 0 Å². The molecule has 3 nitrogen and oxygen atoms in total. The molecule has 0 radical (unpaired) electrons. The lowest BCUT2D eigenvalue weighted by Gasteiger charge is -2.44. The van der Waals surface area contributed by atoms with E-state index in [0.717, 1.165) is 12.0 Å². The van der Waals surface area contributed by atoms with Gasteiger partial charge in [-0.2, -0.15) is 0 Å². The predicted octanol–water partition coefficient (Wildman–Crippen LogP) is 5.58. The van der Waals surface area contributed by atoms with Crippen molar-refractivity contribution in [3.8, 4) is 0 Å². The van der Waals surface area contributed by atoms with Gasteiger partial charge in [-0.3, -0.25) is 0 Å². The number of allylic oxidation sites excluding steroid dienone is 5. The first-order valence-corrected chi connectivity index (χ1v) is 12.4. The molecule has 3 rings (SSSR count). The van der Waals surface area contributed by atoms with E-state index in [2.05, 4.69) is 59.4 Å². The lowest BCUT2D eigenvalue weighted by atomic mass is 9.61. The molecule has 0 saturated heterocycles. The summed E-state index contributed by atoms with van der Waals surface area (Å²) in [6.45, 7) is 15.8. The first-order valence-electron chi connectivity index (χ1n) is 12.4. The van der Waals surface area contributed by atoms with Gasteiger partial charge in [0.05, 0.1) is 6.10 Å². The van der Waals surface area contributed by atoms with E-state index in [1.54, 1.807) is 0 Å². The second-order valence-electron chi connectivity index (χ2n) is 11.1. The molecule has 3 heteroatoms. The molecule has 31 heavy (non-hydrogen) atoms. The van der Waals surface area contributed by atoms with Crippen LogP contribution in [0, 0.1) is 35.0 Å². The van der Waals surface area contributed by atoms with Gasteiger partial charge in [0.25, 0.3) is 0 Å². The van der Waals surface area contributed by atoms with Crippen LogP contribution in [0.15, 0.2) is 47.6 Å². The highest BCUT2D eigenvalue weighted by Gasteiger charge is 2.50. The van der Waals surface area contributed by atoms with E-state index in [-0.39, 0.29) is 0 Å². The first kappa shape index (κ1) is 24.5. The molecule has 3 N–H and O–H groups in total. The number of aliphatic hydroxyl groups is 3. The summed E-state index contributed by atoms with van der Waals surface area (Å²) in [5.41, 5.74) is 3.20. The fourth-order valence-corrected chi connectivity index (χ4v) is 6.36. The van der Waals surface area contributed by atoms with Gasteiger partial charge in [0.15, 0.2) is 0 Å². The average Bonchev–Trinajstić information content (AvgIpc) is 3.07. The van der Waals surface area contributed by atoms with E-state index < -0.39 is 18.3 Å². The van der Waals surface area contributed by atoms with E-state index >= 15 is 0 Å². The Morgan fingerprint density at radius 3 is 2.42 bits per heavy atom. The molecule has 8 atom stereocenters. The Balaban J connectivity index is 1.78. The summed E-state index contributed by atoms with van der Waals surface area (Å²) in [7, 11) is 0. The first-order chi connectivity index (χ1) is 14.6. The Labute approximate surface area is 189 Å². The molecule has 0 aliphatic heterocycles. The van der Waals surface area contributed by atoms with E-state index in [9.17, 15) is 15.3 Å². The van der Waals surface area contributed by atoms with Gasteiger partial charge in [-0.15, -0.1) is 0 Å². The van der Waals surface area contributed by atoms with E-state index in [1.165, 1.54) is 31.3 Å². The summed E-state index contributed by atoms with van der Waals surface area (Å²) < 4.78 is 0. The third kappa shape index (κ3) is 4.94. The SMILES string of the molecule is C=C1CC(O)[C@H](O)C(O)C1=CC=C1CCC[C@@]2(C)C1CC[C@@H]2[C@H](C)C=C[C@H](C)C(C)C. The van der Waals surface area contributed by atoms with Crippen molar-refractivity contribution in [2.75, 3.05) is 0 Å². The summed E-state index contributed by atoms with van der Waals surface area (Å²) in [6, 6.07) is 0. The smallest absolute Gasteiger partial charge is 0.110 e. The summed E-state index contributed by atoms with van der Waals surface area (Å²) in [5.74, 6) is 3.18. The molecule has 0 amide bonds. The highest BCUT2D eigenvalue weighted by Crippen LogP contribution is 2.59. The topological polar surface area (TPSA) is 60.7 Å². The van der Waals surface area contributed by atoms with Crippen molar-refractivity contribution in [3.05, 3.63) is 47.6 Å². The van der Waals surface area contributed by atoms with Gasteiger partial charge in [-0.25, -0.2) is 0 Å². The van der Waals surface area contributed by atoms with E-state index in [4.69, 9.17) is 0 Å². The van der Waals surface area contributed by atoms with Crippen molar-refractivity contribution in [2.45, 2.75) is 91.5 Å². The number of rotatable bonds is 5. The Kier molecular flexibility index (Phi) is 7.71.